The van der Waals surface area contributed by atoms with Crippen LogP contribution in [0.4, 0.5) is 10.1 Å². The van der Waals surface area contributed by atoms with Crippen LogP contribution in [0.3, 0.4) is 0 Å². The van der Waals surface area contributed by atoms with E-state index in [9.17, 15) is 14.5 Å². The third kappa shape index (κ3) is 2.77. The van der Waals surface area contributed by atoms with Crippen molar-refractivity contribution in [3.63, 3.8) is 0 Å². The summed E-state index contributed by atoms with van der Waals surface area (Å²) in [6.07, 6.45) is 1.21. The fourth-order valence-electron chi connectivity index (χ4n) is 1.21. The fourth-order valence-corrected chi connectivity index (χ4v) is 1.49. The summed E-state index contributed by atoms with van der Waals surface area (Å²) in [6, 6.07) is 4.35. The third-order valence-corrected chi connectivity index (χ3v) is 2.38. The minimum Gasteiger partial charge on any atom is -0.432 e. The van der Waals surface area contributed by atoms with E-state index in [0.29, 0.717) is 4.60 Å². The maximum absolute atomic E-state index is 13.0. The third-order valence-electron chi connectivity index (χ3n) is 1.94. The summed E-state index contributed by atoms with van der Waals surface area (Å²) in [5.41, 5.74) is -0.342. The van der Waals surface area contributed by atoms with E-state index >= 15 is 0 Å². The van der Waals surface area contributed by atoms with E-state index < -0.39 is 10.7 Å². The Morgan fingerprint density at radius 1 is 1.33 bits per heavy atom. The molecule has 0 amide bonds. The zero-order valence-corrected chi connectivity index (χ0v) is 10.3. The van der Waals surface area contributed by atoms with E-state index in [1.54, 1.807) is 0 Å². The van der Waals surface area contributed by atoms with Gasteiger partial charge in [-0.1, -0.05) is 0 Å². The summed E-state index contributed by atoms with van der Waals surface area (Å²) < 4.78 is 18.7. The predicted molar refractivity (Wildman–Crippen MR) is 62.9 cm³/mol. The Morgan fingerprint density at radius 3 is 2.78 bits per heavy atom. The van der Waals surface area contributed by atoms with Crippen LogP contribution in [0.5, 0.6) is 11.6 Å². The molecule has 18 heavy (non-hydrogen) atoms. The normalized spacial score (nSPS) is 10.1. The molecule has 2 rings (SSSR count). The molecule has 0 aliphatic rings. The van der Waals surface area contributed by atoms with E-state index in [1.807, 2.05) is 0 Å². The highest BCUT2D eigenvalue weighted by atomic mass is 79.9. The van der Waals surface area contributed by atoms with E-state index in [0.717, 1.165) is 18.2 Å². The Morgan fingerprint density at radius 2 is 2.11 bits per heavy atom. The molecule has 0 aliphatic heterocycles. The Bertz CT molecular complexity index is 609. The Kier molecular flexibility index (Phi) is 3.47. The van der Waals surface area contributed by atoms with Crippen molar-refractivity contribution in [3.8, 4) is 11.6 Å². The molecule has 0 unspecified atom stereocenters. The molecule has 0 radical (unpaired) electrons. The van der Waals surface area contributed by atoms with Gasteiger partial charge in [-0.3, -0.25) is 10.1 Å². The van der Waals surface area contributed by atoms with Crippen LogP contribution in [0.2, 0.25) is 0 Å². The zero-order chi connectivity index (χ0) is 13.1. The lowest BCUT2D eigenvalue weighted by atomic mass is 10.3. The van der Waals surface area contributed by atoms with Crippen molar-refractivity contribution in [3.05, 3.63) is 51.1 Å². The number of aromatic nitrogens is 2. The molecule has 0 spiro atoms. The van der Waals surface area contributed by atoms with Gasteiger partial charge in [-0.05, 0) is 22.0 Å². The average molecular weight is 314 g/mol. The lowest BCUT2D eigenvalue weighted by Gasteiger charge is -2.05. The maximum atomic E-state index is 13.0. The summed E-state index contributed by atoms with van der Waals surface area (Å²) in [6.45, 7) is 0. The first kappa shape index (κ1) is 12.4. The monoisotopic (exact) mass is 313 g/mol. The number of ether oxygens (including phenoxy) is 1. The molecule has 6 nitrogen and oxygen atoms in total. The van der Waals surface area contributed by atoms with Crippen LogP contribution < -0.4 is 4.74 Å². The minimum absolute atomic E-state index is 0.0746. The van der Waals surface area contributed by atoms with Crippen LogP contribution in [0.1, 0.15) is 0 Å². The minimum atomic E-state index is -0.662. The standard InChI is InChI=1S/C10H5BrFN3O3/c11-9-4-10(14-5-13-9)18-8-3-6(12)1-2-7(8)15(16)17/h1-5H. The molecule has 0 aliphatic carbocycles. The van der Waals surface area contributed by atoms with E-state index in [1.165, 1.54) is 12.4 Å². The number of nitro groups is 1. The highest BCUT2D eigenvalue weighted by Gasteiger charge is 2.17. The Hall–Kier alpha value is -2.09. The molecular formula is C10H5BrFN3O3. The molecule has 92 valence electrons. The van der Waals surface area contributed by atoms with Crippen LogP contribution in [0.25, 0.3) is 0 Å². The largest absolute Gasteiger partial charge is 0.432 e. The molecule has 0 bridgehead atoms. The Labute approximate surface area is 109 Å². The van der Waals surface area contributed by atoms with E-state index in [2.05, 4.69) is 25.9 Å². The van der Waals surface area contributed by atoms with Gasteiger partial charge >= 0.3 is 5.69 Å². The van der Waals surface area contributed by atoms with Crippen LogP contribution in [0.15, 0.2) is 35.2 Å². The predicted octanol–water partition coefficient (Wildman–Crippen LogP) is 3.08. The van der Waals surface area contributed by atoms with Gasteiger partial charge in [-0.25, -0.2) is 14.4 Å². The lowest BCUT2D eigenvalue weighted by Crippen LogP contribution is -1.95. The summed E-state index contributed by atoms with van der Waals surface area (Å²) in [5.74, 6) is -0.778. The summed E-state index contributed by atoms with van der Waals surface area (Å²) >= 11 is 3.10. The molecule has 0 N–H and O–H groups in total. The highest BCUT2D eigenvalue weighted by Crippen LogP contribution is 2.31. The number of hydrogen-bond acceptors (Lipinski definition) is 5. The van der Waals surface area contributed by atoms with Crippen LogP contribution in [0, 0.1) is 15.9 Å². The number of nitro benzene ring substituents is 1. The van der Waals surface area contributed by atoms with Crippen molar-refractivity contribution in [1.29, 1.82) is 0 Å². The molecule has 1 aromatic carbocycles. The van der Waals surface area contributed by atoms with Gasteiger partial charge in [0.25, 0.3) is 0 Å². The van der Waals surface area contributed by atoms with Gasteiger partial charge in [0, 0.05) is 18.2 Å². The van der Waals surface area contributed by atoms with Crippen molar-refractivity contribution in [2.24, 2.45) is 0 Å². The summed E-state index contributed by atoms with van der Waals surface area (Å²) in [5, 5.41) is 10.8. The first-order valence-electron chi connectivity index (χ1n) is 4.65. The second kappa shape index (κ2) is 5.05. The zero-order valence-electron chi connectivity index (χ0n) is 8.71. The molecule has 0 saturated carbocycles. The smallest absolute Gasteiger partial charge is 0.311 e. The topological polar surface area (TPSA) is 78.2 Å². The number of rotatable bonds is 3. The van der Waals surface area contributed by atoms with E-state index in [-0.39, 0.29) is 17.3 Å². The molecule has 8 heteroatoms. The van der Waals surface area contributed by atoms with Gasteiger partial charge in [0.15, 0.2) is 0 Å². The number of hydrogen-bond donors (Lipinski definition) is 0. The SMILES string of the molecule is O=[N+]([O-])c1ccc(F)cc1Oc1cc(Br)ncn1. The first-order chi connectivity index (χ1) is 8.56. The fraction of sp³-hybridized carbons (Fsp3) is 0. The van der Waals surface area contributed by atoms with Crippen LogP contribution >= 0.6 is 15.9 Å². The lowest BCUT2D eigenvalue weighted by molar-refractivity contribution is -0.385. The van der Waals surface area contributed by atoms with Crippen molar-refractivity contribution >= 4 is 21.6 Å². The number of nitrogens with zero attached hydrogens (tertiary/aromatic N) is 3. The molecule has 0 atom stereocenters. The summed E-state index contributed by atoms with van der Waals surface area (Å²) in [7, 11) is 0. The van der Waals surface area contributed by atoms with Gasteiger partial charge in [0.2, 0.25) is 11.6 Å². The van der Waals surface area contributed by atoms with Gasteiger partial charge < -0.3 is 4.74 Å². The average Bonchev–Trinajstić information content (AvgIpc) is 2.28. The van der Waals surface area contributed by atoms with Crippen LogP contribution in [-0.4, -0.2) is 14.9 Å². The first-order valence-corrected chi connectivity index (χ1v) is 5.45. The van der Waals surface area contributed by atoms with Gasteiger partial charge in [-0.2, -0.15) is 0 Å². The molecule has 1 heterocycles. The maximum Gasteiger partial charge on any atom is 0.311 e. The molecule has 0 saturated heterocycles. The molecule has 1 aromatic heterocycles. The van der Waals surface area contributed by atoms with E-state index in [4.69, 9.17) is 4.74 Å². The van der Waals surface area contributed by atoms with Crippen molar-refractivity contribution in [1.82, 2.24) is 9.97 Å². The van der Waals surface area contributed by atoms with Crippen LogP contribution in [-0.2, 0) is 0 Å². The molecule has 0 fully saturated rings. The molecule has 2 aromatic rings. The van der Waals surface area contributed by atoms with Gasteiger partial charge in [0.05, 0.1) is 4.92 Å². The second-order valence-corrected chi connectivity index (χ2v) is 3.96. The number of halogens is 2. The van der Waals surface area contributed by atoms with Crippen molar-refractivity contribution in [2.75, 3.05) is 0 Å². The number of benzene rings is 1. The van der Waals surface area contributed by atoms with Crippen molar-refractivity contribution < 1.29 is 14.1 Å². The highest BCUT2D eigenvalue weighted by molar-refractivity contribution is 9.10. The Balaban J connectivity index is 2.39. The summed E-state index contributed by atoms with van der Waals surface area (Å²) in [4.78, 5) is 17.6. The quantitative estimate of drug-likeness (QED) is 0.494. The van der Waals surface area contributed by atoms with Gasteiger partial charge in [0.1, 0.15) is 16.7 Å². The second-order valence-electron chi connectivity index (χ2n) is 3.15. The molecular weight excluding hydrogens is 309 g/mol. The van der Waals surface area contributed by atoms with Gasteiger partial charge in [-0.15, -0.1) is 0 Å². The van der Waals surface area contributed by atoms with Crippen molar-refractivity contribution in [2.45, 2.75) is 0 Å².